The fourth-order valence-electron chi connectivity index (χ4n) is 2.55. The molecule has 8 heteroatoms. The highest BCUT2D eigenvalue weighted by Crippen LogP contribution is 2.34. The first-order valence-corrected chi connectivity index (χ1v) is 9.39. The second-order valence-corrected chi connectivity index (χ2v) is 6.90. The lowest BCUT2D eigenvalue weighted by atomic mass is 10.1. The lowest BCUT2D eigenvalue weighted by Crippen LogP contribution is -2.19. The van der Waals surface area contributed by atoms with E-state index in [1.807, 2.05) is 30.3 Å². The molecule has 3 rings (SSSR count). The molecule has 0 fully saturated rings. The number of nitrogens with zero attached hydrogens (tertiary/aromatic N) is 3. The summed E-state index contributed by atoms with van der Waals surface area (Å²) in [7, 11) is 0. The predicted molar refractivity (Wildman–Crippen MR) is 105 cm³/mol. The summed E-state index contributed by atoms with van der Waals surface area (Å²) >= 11 is 1.20. The van der Waals surface area contributed by atoms with E-state index in [0.717, 1.165) is 5.56 Å². The molecule has 1 unspecified atom stereocenters. The van der Waals surface area contributed by atoms with Gasteiger partial charge in [-0.25, -0.2) is 4.39 Å². The maximum Gasteiger partial charge on any atom is 0.235 e. The van der Waals surface area contributed by atoms with E-state index in [4.69, 9.17) is 10.5 Å². The van der Waals surface area contributed by atoms with Crippen LogP contribution >= 0.6 is 11.8 Å². The Kier molecular flexibility index (Phi) is 6.44. The Balaban J connectivity index is 1.82. The number of primary amides is 1. The molecule has 0 aliphatic rings. The van der Waals surface area contributed by atoms with Crippen molar-refractivity contribution in [2.24, 2.45) is 5.73 Å². The molecule has 0 spiro atoms. The SMILES string of the molecule is C=CCn1c(COc2ccccc2F)nnc1SC(C(N)=O)c1ccccc1. The fourth-order valence-corrected chi connectivity index (χ4v) is 3.57. The number of rotatable bonds is 9. The van der Waals surface area contributed by atoms with E-state index in [2.05, 4.69) is 16.8 Å². The number of thioether (sulfide) groups is 1. The third kappa shape index (κ3) is 4.58. The summed E-state index contributed by atoms with van der Waals surface area (Å²) in [5, 5.41) is 8.18. The third-order valence-electron chi connectivity index (χ3n) is 3.88. The number of ether oxygens (including phenoxy) is 1. The molecule has 0 saturated heterocycles. The van der Waals surface area contributed by atoms with Crippen LogP contribution in [-0.4, -0.2) is 20.7 Å². The molecule has 0 bridgehead atoms. The molecule has 2 N–H and O–H groups in total. The summed E-state index contributed by atoms with van der Waals surface area (Å²) in [5.74, 6) is -0.315. The molecule has 144 valence electrons. The van der Waals surface area contributed by atoms with E-state index in [9.17, 15) is 9.18 Å². The molecule has 2 aromatic carbocycles. The Morgan fingerprint density at radius 2 is 1.93 bits per heavy atom. The van der Waals surface area contributed by atoms with Gasteiger partial charge >= 0.3 is 0 Å². The van der Waals surface area contributed by atoms with Crippen LogP contribution in [0.5, 0.6) is 5.75 Å². The molecule has 0 aliphatic heterocycles. The van der Waals surface area contributed by atoms with Crippen molar-refractivity contribution in [2.75, 3.05) is 0 Å². The molecule has 0 saturated carbocycles. The fraction of sp³-hybridized carbons (Fsp3) is 0.150. The van der Waals surface area contributed by atoms with Gasteiger partial charge in [-0.15, -0.1) is 16.8 Å². The minimum Gasteiger partial charge on any atom is -0.483 e. The predicted octanol–water partition coefficient (Wildman–Crippen LogP) is 3.50. The Hall–Kier alpha value is -3.13. The first-order valence-electron chi connectivity index (χ1n) is 8.51. The van der Waals surface area contributed by atoms with Crippen LogP contribution in [0.4, 0.5) is 4.39 Å². The molecule has 3 aromatic rings. The summed E-state index contributed by atoms with van der Waals surface area (Å²) in [6.07, 6.45) is 1.68. The number of para-hydroxylation sites is 1. The number of allylic oxidation sites excluding steroid dienone is 1. The third-order valence-corrected chi connectivity index (χ3v) is 5.14. The summed E-state index contributed by atoms with van der Waals surface area (Å²) in [6.45, 7) is 4.18. The van der Waals surface area contributed by atoms with Crippen molar-refractivity contribution < 1.29 is 13.9 Å². The maximum atomic E-state index is 13.8. The van der Waals surface area contributed by atoms with Gasteiger partial charge in [0.25, 0.3) is 0 Å². The number of nitrogens with two attached hydrogens (primary N) is 1. The summed E-state index contributed by atoms with van der Waals surface area (Å²) in [6, 6.07) is 15.3. The largest absolute Gasteiger partial charge is 0.483 e. The van der Waals surface area contributed by atoms with Crippen molar-refractivity contribution in [1.82, 2.24) is 14.8 Å². The van der Waals surface area contributed by atoms with E-state index >= 15 is 0 Å². The van der Waals surface area contributed by atoms with Gasteiger partial charge in [0, 0.05) is 6.54 Å². The van der Waals surface area contributed by atoms with Gasteiger partial charge in [-0.3, -0.25) is 9.36 Å². The number of halogens is 1. The number of aromatic nitrogens is 3. The van der Waals surface area contributed by atoms with Gasteiger partial charge in [0.1, 0.15) is 11.9 Å². The topological polar surface area (TPSA) is 83.0 Å². The minimum atomic E-state index is -0.616. The van der Waals surface area contributed by atoms with Crippen molar-refractivity contribution >= 4 is 17.7 Å². The first kappa shape index (κ1) is 19.6. The number of hydrogen-bond acceptors (Lipinski definition) is 5. The van der Waals surface area contributed by atoms with Crippen LogP contribution in [0.1, 0.15) is 16.6 Å². The van der Waals surface area contributed by atoms with Crippen LogP contribution in [0.15, 0.2) is 72.4 Å². The highest BCUT2D eigenvalue weighted by atomic mass is 32.2. The molecule has 1 amide bonds. The zero-order chi connectivity index (χ0) is 19.9. The second kappa shape index (κ2) is 9.18. The van der Waals surface area contributed by atoms with E-state index in [0.29, 0.717) is 17.5 Å². The van der Waals surface area contributed by atoms with Crippen LogP contribution in [0.2, 0.25) is 0 Å². The van der Waals surface area contributed by atoms with Crippen molar-refractivity contribution in [1.29, 1.82) is 0 Å². The van der Waals surface area contributed by atoms with Crippen LogP contribution < -0.4 is 10.5 Å². The lowest BCUT2D eigenvalue weighted by molar-refractivity contribution is -0.117. The second-order valence-electron chi connectivity index (χ2n) is 5.83. The van der Waals surface area contributed by atoms with E-state index in [1.54, 1.807) is 22.8 Å². The molecule has 0 aliphatic carbocycles. The van der Waals surface area contributed by atoms with Crippen LogP contribution in [0.3, 0.4) is 0 Å². The van der Waals surface area contributed by atoms with Crippen LogP contribution in [0.25, 0.3) is 0 Å². The molecular weight excluding hydrogens is 379 g/mol. The number of amides is 1. The van der Waals surface area contributed by atoms with Gasteiger partial charge in [0.05, 0.1) is 0 Å². The highest BCUT2D eigenvalue weighted by Gasteiger charge is 2.23. The van der Waals surface area contributed by atoms with Crippen LogP contribution in [0, 0.1) is 5.82 Å². The zero-order valence-electron chi connectivity index (χ0n) is 15.0. The number of carbonyl (C=O) groups excluding carboxylic acids is 1. The summed E-state index contributed by atoms with van der Waals surface area (Å²) in [4.78, 5) is 12.0. The van der Waals surface area contributed by atoms with Crippen molar-refractivity contribution in [2.45, 2.75) is 23.6 Å². The van der Waals surface area contributed by atoms with E-state index in [-0.39, 0.29) is 12.4 Å². The summed E-state index contributed by atoms with van der Waals surface area (Å²) < 4.78 is 21.0. The zero-order valence-corrected chi connectivity index (χ0v) is 15.8. The van der Waals surface area contributed by atoms with E-state index in [1.165, 1.54) is 23.9 Å². The molecule has 0 radical (unpaired) electrons. The number of hydrogen-bond donors (Lipinski definition) is 1. The Morgan fingerprint density at radius 1 is 1.21 bits per heavy atom. The molecule has 1 aromatic heterocycles. The number of carbonyl (C=O) groups is 1. The lowest BCUT2D eigenvalue weighted by Gasteiger charge is -2.14. The Bertz CT molecular complexity index is 962. The van der Waals surface area contributed by atoms with Gasteiger partial charge in [-0.1, -0.05) is 60.3 Å². The van der Waals surface area contributed by atoms with Gasteiger partial charge in [0.2, 0.25) is 5.91 Å². The Labute approximate surface area is 166 Å². The van der Waals surface area contributed by atoms with E-state index < -0.39 is 17.0 Å². The standard InChI is InChI=1S/C20H19FN4O2S/c1-2-12-25-17(13-27-16-11-7-6-10-15(16)21)23-24-20(25)28-18(19(22)26)14-8-4-3-5-9-14/h2-11,18H,1,12-13H2,(H2,22,26). The molecular formula is C20H19FN4O2S. The smallest absolute Gasteiger partial charge is 0.235 e. The van der Waals surface area contributed by atoms with Crippen molar-refractivity contribution in [3.05, 3.63) is 84.5 Å². The molecule has 6 nitrogen and oxygen atoms in total. The molecule has 28 heavy (non-hydrogen) atoms. The molecule has 1 atom stereocenters. The van der Waals surface area contributed by atoms with Crippen molar-refractivity contribution in [3.8, 4) is 5.75 Å². The minimum absolute atomic E-state index is 0.0227. The quantitative estimate of drug-likeness (QED) is 0.441. The molecule has 1 heterocycles. The number of benzene rings is 2. The maximum absolute atomic E-state index is 13.8. The first-order chi connectivity index (χ1) is 13.6. The average Bonchev–Trinajstić information content (AvgIpc) is 3.08. The van der Waals surface area contributed by atoms with Gasteiger partial charge in [-0.2, -0.15) is 0 Å². The van der Waals surface area contributed by atoms with Crippen molar-refractivity contribution in [3.63, 3.8) is 0 Å². The highest BCUT2D eigenvalue weighted by molar-refractivity contribution is 8.00. The average molecular weight is 398 g/mol. The Morgan fingerprint density at radius 3 is 2.61 bits per heavy atom. The normalized spacial score (nSPS) is 11.8. The van der Waals surface area contributed by atoms with Gasteiger partial charge in [-0.05, 0) is 17.7 Å². The van der Waals surface area contributed by atoms with Crippen LogP contribution in [-0.2, 0) is 17.9 Å². The van der Waals surface area contributed by atoms with Gasteiger partial charge in [0.15, 0.2) is 22.5 Å². The monoisotopic (exact) mass is 398 g/mol. The summed E-state index contributed by atoms with van der Waals surface area (Å²) in [5.41, 5.74) is 6.37. The van der Waals surface area contributed by atoms with Gasteiger partial charge < -0.3 is 10.5 Å².